The molecular weight excluding hydrogens is 723 g/mol. The molecule has 0 radical (unpaired) electrons. The van der Waals surface area contributed by atoms with Gasteiger partial charge in [-0.25, -0.2) is 9.97 Å². The van der Waals surface area contributed by atoms with E-state index in [4.69, 9.17) is 17.3 Å². The first-order valence-electron chi connectivity index (χ1n) is 17.1. The van der Waals surface area contributed by atoms with E-state index < -0.39 is 0 Å². The molecule has 270 valence electrons. The van der Waals surface area contributed by atoms with Gasteiger partial charge in [0.15, 0.2) is 12.6 Å². The smallest absolute Gasteiger partial charge is 0.159 e. The zero-order valence-electron chi connectivity index (χ0n) is 30.1. The minimum Gasteiger partial charge on any atom is -0.870 e. The highest BCUT2D eigenvalue weighted by Gasteiger charge is 2.10. The lowest BCUT2D eigenvalue weighted by Gasteiger charge is -2.07. The van der Waals surface area contributed by atoms with Gasteiger partial charge in [-0.15, -0.1) is 34.0 Å². The van der Waals surface area contributed by atoms with E-state index in [1.165, 1.54) is 47.8 Å². The van der Waals surface area contributed by atoms with Gasteiger partial charge in [-0.05, 0) is 80.2 Å². The molecule has 0 fully saturated rings. The summed E-state index contributed by atoms with van der Waals surface area (Å²) in [5.41, 5.74) is 3.41. The summed E-state index contributed by atoms with van der Waals surface area (Å²) >= 11 is 14.0. The number of thiazole rings is 3. The molecule has 0 aliphatic carbocycles. The van der Waals surface area contributed by atoms with Crippen molar-refractivity contribution in [3.8, 4) is 0 Å². The number of aromatic amines is 1. The van der Waals surface area contributed by atoms with Crippen LogP contribution in [0.1, 0.15) is 87.5 Å². The summed E-state index contributed by atoms with van der Waals surface area (Å²) in [7, 11) is 0. The van der Waals surface area contributed by atoms with E-state index in [0.717, 1.165) is 39.3 Å². The minimum atomic E-state index is -0.0648. The zero-order chi connectivity index (χ0) is 35.3. The van der Waals surface area contributed by atoms with Crippen molar-refractivity contribution in [2.24, 2.45) is 5.92 Å². The Kier molecular flexibility index (Phi) is 24.0. The highest BCUT2D eigenvalue weighted by Crippen LogP contribution is 2.34. The molecular formula is C38H54N3O2S6-. The molecule has 0 amide bonds. The molecule has 5 nitrogen and oxygen atoms in total. The van der Waals surface area contributed by atoms with Crippen LogP contribution in [0.4, 0.5) is 0 Å². The highest BCUT2D eigenvalue weighted by atomic mass is 32.2. The highest BCUT2D eigenvalue weighted by molar-refractivity contribution is 8.01. The molecule has 0 saturated carbocycles. The van der Waals surface area contributed by atoms with Crippen LogP contribution in [-0.2, 0) is 0 Å². The van der Waals surface area contributed by atoms with Crippen molar-refractivity contribution in [2.45, 2.75) is 108 Å². The molecule has 0 bridgehead atoms. The largest absolute Gasteiger partial charge is 0.870 e. The van der Waals surface area contributed by atoms with Crippen LogP contribution in [0.2, 0.25) is 0 Å². The third-order valence-corrected chi connectivity index (χ3v) is 13.6. The van der Waals surface area contributed by atoms with Gasteiger partial charge in [-0.3, -0.25) is 0 Å². The molecule has 3 heterocycles. The SMILES string of the molecule is CC.CCC(C)CSc1nc2ccccc2s1.CCC(CC)Sc1nc2ccccc2s1.CCC(O)CC.S=c1[nH]c2ccccc2s1.[OH-]. The second-order valence-corrected chi connectivity index (χ2v) is 17.4. The molecule has 6 rings (SSSR count). The first-order valence-corrected chi connectivity index (χ1v) is 21.8. The van der Waals surface area contributed by atoms with E-state index in [1.54, 1.807) is 22.7 Å². The van der Waals surface area contributed by atoms with Crippen LogP contribution in [0, 0.1) is 9.87 Å². The predicted molar refractivity (Wildman–Crippen MR) is 227 cm³/mol. The standard InChI is InChI=1S/2C12H15NS2.C7H5NS2.C5H12O.C2H6.H2O/c1-3-9(2)8-14-12-13-10-6-4-5-7-11(10)15-12;1-3-9(4-2)14-12-13-10-7-5-6-8-11(10)15-12;9-7-8-5-3-1-2-4-6(5)10-7;1-3-5(6)4-2;1-2;/h4-7,9H,3,8H2,1-2H3;5-9H,3-4H2,1-2H3;1-4H,(H,8,9);5-6H,3-4H2,1-2H3;1-2H3;1H2/p-1. The van der Waals surface area contributed by atoms with Gasteiger partial charge in [-0.1, -0.05) is 122 Å². The maximum Gasteiger partial charge on any atom is 0.159 e. The maximum atomic E-state index is 8.67. The van der Waals surface area contributed by atoms with E-state index >= 15 is 0 Å². The number of nitrogens with one attached hydrogen (secondary N) is 1. The molecule has 11 heteroatoms. The van der Waals surface area contributed by atoms with Crippen molar-refractivity contribution in [3.05, 3.63) is 76.8 Å². The number of H-pyrrole nitrogens is 1. The van der Waals surface area contributed by atoms with Crippen molar-refractivity contribution < 1.29 is 10.6 Å². The first kappa shape index (κ1) is 45.2. The fraction of sp³-hybridized carbons (Fsp3) is 0.447. The Bertz CT molecular complexity index is 1650. The van der Waals surface area contributed by atoms with Crippen molar-refractivity contribution in [3.63, 3.8) is 0 Å². The zero-order valence-corrected chi connectivity index (χ0v) is 35.0. The summed E-state index contributed by atoms with van der Waals surface area (Å²) in [5, 5.41) is 9.38. The van der Waals surface area contributed by atoms with Crippen LogP contribution in [0.25, 0.3) is 30.6 Å². The van der Waals surface area contributed by atoms with Crippen molar-refractivity contribution in [2.75, 3.05) is 5.75 Å². The van der Waals surface area contributed by atoms with Gasteiger partial charge in [0.1, 0.15) is 0 Å². The molecule has 0 saturated heterocycles. The molecule has 0 aliphatic rings. The number of aliphatic hydroxyl groups excluding tert-OH is 1. The quantitative estimate of drug-likeness (QED) is 0.106. The van der Waals surface area contributed by atoms with Gasteiger partial charge in [0.2, 0.25) is 0 Å². The van der Waals surface area contributed by atoms with Gasteiger partial charge >= 0.3 is 0 Å². The van der Waals surface area contributed by atoms with E-state index in [9.17, 15) is 0 Å². The average molecular weight is 777 g/mol. The van der Waals surface area contributed by atoms with Crippen LogP contribution in [-0.4, -0.2) is 42.6 Å². The summed E-state index contributed by atoms with van der Waals surface area (Å²) in [5.74, 6) is 1.96. The Hall–Kier alpha value is -1.83. The lowest BCUT2D eigenvalue weighted by molar-refractivity contribution is 0.166. The van der Waals surface area contributed by atoms with E-state index in [1.807, 2.05) is 92.9 Å². The Morgan fingerprint density at radius 1 is 0.694 bits per heavy atom. The summed E-state index contributed by atoms with van der Waals surface area (Å²) < 4.78 is 7.09. The second kappa shape index (κ2) is 26.0. The van der Waals surface area contributed by atoms with Crippen LogP contribution in [0.15, 0.2) is 81.5 Å². The number of hydrogen-bond donors (Lipinski definition) is 2. The fourth-order valence-electron chi connectivity index (χ4n) is 3.93. The van der Waals surface area contributed by atoms with Crippen LogP contribution < -0.4 is 0 Å². The monoisotopic (exact) mass is 776 g/mol. The van der Waals surface area contributed by atoms with Crippen LogP contribution >= 0.6 is 69.8 Å². The number of aromatic nitrogens is 3. The third-order valence-electron chi connectivity index (χ3n) is 7.18. The number of aliphatic hydroxyl groups is 1. The maximum absolute atomic E-state index is 8.67. The molecule has 1 unspecified atom stereocenters. The summed E-state index contributed by atoms with van der Waals surface area (Å²) in [6.07, 6.45) is 5.39. The number of hydrogen-bond acceptors (Lipinski definition) is 10. The van der Waals surface area contributed by atoms with E-state index in [2.05, 4.69) is 85.1 Å². The molecule has 1 atom stereocenters. The Morgan fingerprint density at radius 2 is 1.18 bits per heavy atom. The molecule has 49 heavy (non-hydrogen) atoms. The summed E-state index contributed by atoms with van der Waals surface area (Å²) in [4.78, 5) is 12.3. The number of para-hydroxylation sites is 3. The average Bonchev–Trinajstić information content (AvgIpc) is 3.86. The van der Waals surface area contributed by atoms with Crippen molar-refractivity contribution >= 4 is 100 Å². The molecule has 6 aromatic rings. The van der Waals surface area contributed by atoms with Crippen LogP contribution in [0.5, 0.6) is 0 Å². The predicted octanol–water partition coefficient (Wildman–Crippen LogP) is 14.0. The lowest BCUT2D eigenvalue weighted by Crippen LogP contribution is -1.99. The topological polar surface area (TPSA) is 91.8 Å². The van der Waals surface area contributed by atoms with Crippen molar-refractivity contribution in [1.29, 1.82) is 0 Å². The molecule has 3 aromatic carbocycles. The van der Waals surface area contributed by atoms with Crippen molar-refractivity contribution in [1.82, 2.24) is 15.0 Å². The van der Waals surface area contributed by atoms with Gasteiger partial charge in [0.05, 0.1) is 36.8 Å². The minimum absolute atomic E-state index is 0. The normalized spacial score (nSPS) is 11.0. The Labute approximate surface area is 319 Å². The number of benzene rings is 3. The van der Waals surface area contributed by atoms with Crippen LogP contribution in [0.3, 0.4) is 0 Å². The molecule has 3 N–H and O–H groups in total. The second-order valence-electron chi connectivity index (χ2n) is 10.8. The lowest BCUT2D eigenvalue weighted by atomic mass is 10.2. The number of nitrogens with zero attached hydrogens (tertiary/aromatic N) is 2. The van der Waals surface area contributed by atoms with Gasteiger partial charge in [-0.2, -0.15) is 0 Å². The molecule has 0 spiro atoms. The fourth-order valence-corrected chi connectivity index (χ4v) is 9.61. The third kappa shape index (κ3) is 16.4. The number of thioether (sulfide) groups is 2. The summed E-state index contributed by atoms with van der Waals surface area (Å²) in [6.45, 7) is 17.0. The number of rotatable bonds is 10. The summed E-state index contributed by atoms with van der Waals surface area (Å²) in [6, 6.07) is 24.8. The first-order chi connectivity index (χ1) is 23.3. The van der Waals surface area contributed by atoms with E-state index in [0.29, 0.717) is 5.25 Å². The Balaban J connectivity index is 0.000000333. The molecule has 0 aliphatic heterocycles. The van der Waals surface area contributed by atoms with Gasteiger partial charge in [0, 0.05) is 11.0 Å². The van der Waals surface area contributed by atoms with Gasteiger partial charge in [0.25, 0.3) is 0 Å². The molecule has 3 aromatic heterocycles. The Morgan fingerprint density at radius 3 is 1.65 bits per heavy atom. The van der Waals surface area contributed by atoms with Gasteiger partial charge < -0.3 is 15.6 Å². The van der Waals surface area contributed by atoms with E-state index in [-0.39, 0.29) is 11.6 Å². The number of fused-ring (bicyclic) bond motifs is 3.